The molecule has 0 bridgehead atoms. The van der Waals surface area contributed by atoms with Gasteiger partial charge in [0.15, 0.2) is 6.04 Å². The fourth-order valence-electron chi connectivity index (χ4n) is 3.57. The Labute approximate surface area is 216 Å². The Morgan fingerprint density at radius 3 is 2.16 bits per heavy atom. The van der Waals surface area contributed by atoms with E-state index in [1.807, 2.05) is 6.07 Å². The Balaban J connectivity index is 1.68. The van der Waals surface area contributed by atoms with E-state index >= 15 is 0 Å². The maximum Gasteiger partial charge on any atom is 0.333 e. The lowest BCUT2D eigenvalue weighted by atomic mass is 10.1. The van der Waals surface area contributed by atoms with Gasteiger partial charge in [-0.2, -0.15) is 0 Å². The lowest BCUT2D eigenvalue weighted by Gasteiger charge is -2.17. The van der Waals surface area contributed by atoms with Crippen LogP contribution in [0.15, 0.2) is 54.6 Å². The summed E-state index contributed by atoms with van der Waals surface area (Å²) >= 11 is 0. The Morgan fingerprint density at radius 1 is 0.811 bits per heavy atom. The van der Waals surface area contributed by atoms with Crippen LogP contribution in [-0.2, 0) is 23.9 Å². The number of anilines is 1. The molecule has 0 aliphatic rings. The predicted octanol–water partition coefficient (Wildman–Crippen LogP) is 3.66. The number of nitrogens with one attached hydrogen (secondary N) is 3. The molecule has 0 fully saturated rings. The first kappa shape index (κ1) is 29.3. The molecule has 3 amide bonds. The minimum Gasteiger partial charge on any atom is -0.494 e. The minimum absolute atomic E-state index is 0.111. The van der Waals surface area contributed by atoms with Crippen molar-refractivity contribution in [2.24, 2.45) is 0 Å². The van der Waals surface area contributed by atoms with Crippen LogP contribution in [0.5, 0.6) is 5.75 Å². The molecule has 2 rings (SSSR count). The molecular formula is C27H35N3O7. The molecule has 0 spiro atoms. The van der Waals surface area contributed by atoms with Crippen LogP contribution in [0.25, 0.3) is 0 Å². The lowest BCUT2D eigenvalue weighted by Crippen LogP contribution is -2.34. The third kappa shape index (κ3) is 11.6. The number of carbonyl (C=O) groups is 4. The maximum atomic E-state index is 12.4. The number of esters is 1. The van der Waals surface area contributed by atoms with Gasteiger partial charge in [-0.1, -0.05) is 49.2 Å². The SMILES string of the molecule is COC(=O)[C@@H](NC(=O)CCCOc1cccc(NC(=O)CCCCCCC(=O)NO)c1)c1ccccc1. The molecule has 2 aromatic rings. The number of hydroxylamine groups is 1. The van der Waals surface area contributed by atoms with Crippen LogP contribution in [0.2, 0.25) is 0 Å². The fraction of sp³-hybridized carbons (Fsp3) is 0.407. The molecule has 0 heterocycles. The van der Waals surface area contributed by atoms with Crippen molar-refractivity contribution < 1.29 is 33.9 Å². The molecule has 37 heavy (non-hydrogen) atoms. The molecule has 10 heteroatoms. The van der Waals surface area contributed by atoms with E-state index in [-0.39, 0.29) is 31.3 Å². The highest BCUT2D eigenvalue weighted by molar-refractivity contribution is 5.90. The van der Waals surface area contributed by atoms with Gasteiger partial charge in [-0.3, -0.25) is 19.6 Å². The van der Waals surface area contributed by atoms with E-state index in [1.165, 1.54) is 7.11 Å². The Hall–Kier alpha value is -3.92. The third-order valence-corrected chi connectivity index (χ3v) is 5.49. The number of rotatable bonds is 16. The number of ether oxygens (including phenoxy) is 2. The number of unbranched alkanes of at least 4 members (excludes halogenated alkanes) is 3. The second-order valence-corrected chi connectivity index (χ2v) is 8.41. The number of hydrogen-bond donors (Lipinski definition) is 4. The number of carbonyl (C=O) groups excluding carboxylic acids is 4. The molecular weight excluding hydrogens is 478 g/mol. The second-order valence-electron chi connectivity index (χ2n) is 8.41. The fourth-order valence-corrected chi connectivity index (χ4v) is 3.57. The first-order chi connectivity index (χ1) is 17.9. The van der Waals surface area contributed by atoms with E-state index in [4.69, 9.17) is 14.7 Å². The van der Waals surface area contributed by atoms with Gasteiger partial charge in [-0.15, -0.1) is 0 Å². The molecule has 200 valence electrons. The summed E-state index contributed by atoms with van der Waals surface area (Å²) in [6.07, 6.45) is 4.21. The molecule has 1 atom stereocenters. The summed E-state index contributed by atoms with van der Waals surface area (Å²) < 4.78 is 10.5. The molecule has 0 saturated heterocycles. The number of benzene rings is 2. The Kier molecular flexibility index (Phi) is 13.2. The van der Waals surface area contributed by atoms with Gasteiger partial charge in [-0.25, -0.2) is 10.3 Å². The monoisotopic (exact) mass is 513 g/mol. The summed E-state index contributed by atoms with van der Waals surface area (Å²) in [5.74, 6) is -0.779. The molecule has 0 saturated carbocycles. The number of amides is 3. The topological polar surface area (TPSA) is 143 Å². The zero-order valence-electron chi connectivity index (χ0n) is 21.0. The van der Waals surface area contributed by atoms with E-state index in [0.717, 1.165) is 12.8 Å². The van der Waals surface area contributed by atoms with E-state index < -0.39 is 17.9 Å². The van der Waals surface area contributed by atoms with Crippen LogP contribution in [0.3, 0.4) is 0 Å². The van der Waals surface area contributed by atoms with Gasteiger partial charge in [0, 0.05) is 31.0 Å². The van der Waals surface area contributed by atoms with Crippen molar-refractivity contribution in [2.75, 3.05) is 19.0 Å². The summed E-state index contributed by atoms with van der Waals surface area (Å²) in [4.78, 5) is 47.6. The first-order valence-electron chi connectivity index (χ1n) is 12.3. The van der Waals surface area contributed by atoms with Crippen molar-refractivity contribution in [1.82, 2.24) is 10.8 Å². The van der Waals surface area contributed by atoms with E-state index in [1.54, 1.807) is 54.0 Å². The van der Waals surface area contributed by atoms with Crippen molar-refractivity contribution in [3.05, 3.63) is 60.2 Å². The maximum absolute atomic E-state index is 12.4. The van der Waals surface area contributed by atoms with Crippen LogP contribution < -0.4 is 20.9 Å². The van der Waals surface area contributed by atoms with Crippen molar-refractivity contribution in [3.63, 3.8) is 0 Å². The number of methoxy groups -OCH3 is 1. The summed E-state index contributed by atoms with van der Waals surface area (Å²) in [6.45, 7) is 0.285. The first-order valence-corrected chi connectivity index (χ1v) is 12.3. The van der Waals surface area contributed by atoms with Gasteiger partial charge in [0.05, 0.1) is 13.7 Å². The highest BCUT2D eigenvalue weighted by Crippen LogP contribution is 2.19. The zero-order valence-corrected chi connectivity index (χ0v) is 21.0. The largest absolute Gasteiger partial charge is 0.494 e. The summed E-state index contributed by atoms with van der Waals surface area (Å²) in [5, 5.41) is 14.0. The zero-order chi connectivity index (χ0) is 26.9. The molecule has 0 aliphatic carbocycles. The Bertz CT molecular complexity index is 1010. The van der Waals surface area contributed by atoms with Crippen molar-refractivity contribution in [2.45, 2.75) is 57.4 Å². The summed E-state index contributed by atoms with van der Waals surface area (Å²) in [6, 6.07) is 15.0. The molecule has 2 aromatic carbocycles. The molecule has 10 nitrogen and oxygen atoms in total. The van der Waals surface area contributed by atoms with Crippen LogP contribution >= 0.6 is 0 Å². The number of hydrogen-bond acceptors (Lipinski definition) is 7. The van der Waals surface area contributed by atoms with Gasteiger partial charge in [0.25, 0.3) is 0 Å². The molecule has 0 unspecified atom stereocenters. The summed E-state index contributed by atoms with van der Waals surface area (Å²) in [5.41, 5.74) is 2.86. The molecule has 0 aromatic heterocycles. The van der Waals surface area contributed by atoms with Gasteiger partial charge in [-0.05, 0) is 37.0 Å². The van der Waals surface area contributed by atoms with Crippen LogP contribution in [-0.4, -0.2) is 42.6 Å². The van der Waals surface area contributed by atoms with E-state index in [9.17, 15) is 19.2 Å². The quantitative estimate of drug-likeness (QED) is 0.116. The van der Waals surface area contributed by atoms with Crippen molar-refractivity contribution in [3.8, 4) is 5.75 Å². The van der Waals surface area contributed by atoms with Crippen LogP contribution in [0.4, 0.5) is 5.69 Å². The highest BCUT2D eigenvalue weighted by Gasteiger charge is 2.23. The average molecular weight is 514 g/mol. The smallest absolute Gasteiger partial charge is 0.333 e. The Morgan fingerprint density at radius 2 is 1.49 bits per heavy atom. The molecule has 0 radical (unpaired) electrons. The minimum atomic E-state index is -0.868. The molecule has 0 aliphatic heterocycles. The second kappa shape index (κ2) is 16.7. The highest BCUT2D eigenvalue weighted by atomic mass is 16.5. The van der Waals surface area contributed by atoms with Crippen molar-refractivity contribution in [1.29, 1.82) is 0 Å². The van der Waals surface area contributed by atoms with Crippen molar-refractivity contribution >= 4 is 29.4 Å². The standard InChI is InChI=1S/C27H35N3O7/c1-36-27(34)26(20-11-5-4-6-12-20)29-24(32)17-10-18-37-22-14-9-13-21(19-22)28-23(31)15-7-2-3-8-16-25(33)30-35/h4-6,9,11-14,19,26,35H,2-3,7-8,10,15-18H2,1H3,(H,28,31)(H,29,32)(H,30,33)/t26-/m0/s1. The van der Waals surface area contributed by atoms with Gasteiger partial charge in [0.1, 0.15) is 5.75 Å². The van der Waals surface area contributed by atoms with E-state index in [0.29, 0.717) is 42.7 Å². The lowest BCUT2D eigenvalue weighted by molar-refractivity contribution is -0.145. The van der Waals surface area contributed by atoms with Gasteiger partial charge < -0.3 is 20.1 Å². The van der Waals surface area contributed by atoms with E-state index in [2.05, 4.69) is 10.6 Å². The predicted molar refractivity (Wildman–Crippen MR) is 137 cm³/mol. The van der Waals surface area contributed by atoms with Gasteiger partial charge >= 0.3 is 5.97 Å². The third-order valence-electron chi connectivity index (χ3n) is 5.49. The van der Waals surface area contributed by atoms with Gasteiger partial charge in [0.2, 0.25) is 17.7 Å². The molecule has 4 N–H and O–H groups in total. The normalized spacial score (nSPS) is 11.2. The summed E-state index contributed by atoms with van der Waals surface area (Å²) in [7, 11) is 1.28. The van der Waals surface area contributed by atoms with Crippen LogP contribution in [0.1, 0.15) is 63.0 Å². The average Bonchev–Trinajstić information content (AvgIpc) is 2.91. The van der Waals surface area contributed by atoms with Crippen LogP contribution in [0, 0.1) is 0 Å².